The van der Waals surface area contributed by atoms with E-state index >= 15 is 0 Å². The quantitative estimate of drug-likeness (QED) is 0.395. The Morgan fingerprint density at radius 1 is 1.35 bits per heavy atom. The van der Waals surface area contributed by atoms with Crippen LogP contribution in [0.4, 0.5) is 0 Å². The van der Waals surface area contributed by atoms with E-state index in [4.69, 9.17) is 14.2 Å². The Balaban J connectivity index is 1.72. The highest BCUT2D eigenvalue weighted by molar-refractivity contribution is 9.10. The second-order valence-electron chi connectivity index (χ2n) is 8.29. The van der Waals surface area contributed by atoms with Gasteiger partial charge in [-0.3, -0.25) is 14.4 Å². The normalized spacial score (nSPS) is 23.3. The summed E-state index contributed by atoms with van der Waals surface area (Å²) in [5.74, 6) is -1.26. The number of thiazole rings is 1. The molecule has 4 rings (SSSR count). The molecule has 0 amide bonds. The van der Waals surface area contributed by atoms with E-state index in [0.29, 0.717) is 21.4 Å². The van der Waals surface area contributed by atoms with Crippen LogP contribution in [0.3, 0.4) is 0 Å². The predicted octanol–water partition coefficient (Wildman–Crippen LogP) is 3.52. The maximum absolute atomic E-state index is 12.2. The first-order valence-electron chi connectivity index (χ1n) is 11.1. The molecule has 37 heavy (non-hydrogen) atoms. The molecule has 0 aliphatic carbocycles. The molecule has 2 aromatic heterocycles. The van der Waals surface area contributed by atoms with Gasteiger partial charge in [0, 0.05) is 34.5 Å². The Hall–Kier alpha value is -2.99. The summed E-state index contributed by atoms with van der Waals surface area (Å²) in [5, 5.41) is 19.4. The molecule has 1 aromatic carbocycles. The van der Waals surface area contributed by atoms with Gasteiger partial charge in [0.05, 0.1) is 29.6 Å². The van der Waals surface area contributed by atoms with Crippen LogP contribution < -0.4 is 4.87 Å². The summed E-state index contributed by atoms with van der Waals surface area (Å²) in [6, 6.07) is 6.80. The van der Waals surface area contributed by atoms with Crippen LogP contribution in [0.15, 0.2) is 43.9 Å². The molecular formula is C23H22BrN5O6S2. The van der Waals surface area contributed by atoms with Crippen molar-refractivity contribution in [2.24, 2.45) is 5.92 Å². The second kappa shape index (κ2) is 11.6. The molecule has 5 atom stereocenters. The van der Waals surface area contributed by atoms with Crippen LogP contribution in [0.2, 0.25) is 0 Å². The molecule has 1 saturated heterocycles. The molecule has 1 N–H and O–H groups in total. The van der Waals surface area contributed by atoms with Crippen molar-refractivity contribution in [1.82, 2.24) is 20.0 Å². The fraction of sp³-hybridized carbons (Fsp3) is 0.391. The van der Waals surface area contributed by atoms with E-state index in [-0.39, 0.29) is 17.4 Å². The molecule has 0 spiro atoms. The van der Waals surface area contributed by atoms with E-state index in [2.05, 4.69) is 37.3 Å². The minimum absolute atomic E-state index is 0.00663. The van der Waals surface area contributed by atoms with Crippen LogP contribution in [0.1, 0.15) is 32.4 Å². The number of nitriles is 1. The molecule has 0 saturated carbocycles. The summed E-state index contributed by atoms with van der Waals surface area (Å²) in [5.41, 5.74) is 0.746. The smallest absolute Gasteiger partial charge is 0.304 e. The van der Waals surface area contributed by atoms with Gasteiger partial charge in [-0.05, 0) is 34.1 Å². The Bertz CT molecular complexity index is 1400. The zero-order chi connectivity index (χ0) is 26.7. The number of rotatable bonds is 7. The lowest BCUT2D eigenvalue weighted by Gasteiger charge is -2.44. The standard InChI is InChI=1S/C23H22BrN5O6S2/c1-11-19(9-33-12(2)30)35-22(37-15-5-4-14(7-25)16(24)6-15)21(34-13(3)31)20(11)29-8-17(27-28-29)18-10-36-23(32)26-18/h4-6,8,10-11,19-22H,9H2,1-3H3,(H,26,32)/t11-,19?,20?,21-,22+/m0/s1. The lowest BCUT2D eigenvalue weighted by molar-refractivity contribution is -0.185. The van der Waals surface area contributed by atoms with Crippen molar-refractivity contribution in [2.45, 2.75) is 49.4 Å². The molecule has 14 heteroatoms. The third-order valence-corrected chi connectivity index (χ3v) is 8.18. The van der Waals surface area contributed by atoms with E-state index < -0.39 is 35.6 Å². The third-order valence-electron chi connectivity index (χ3n) is 5.72. The highest BCUT2D eigenvalue weighted by atomic mass is 79.9. The number of hydrogen-bond acceptors (Lipinski definition) is 11. The van der Waals surface area contributed by atoms with Gasteiger partial charge < -0.3 is 19.2 Å². The number of benzene rings is 1. The van der Waals surface area contributed by atoms with Gasteiger partial charge in [0.15, 0.2) is 6.10 Å². The summed E-state index contributed by atoms with van der Waals surface area (Å²) in [6.45, 7) is 4.52. The summed E-state index contributed by atoms with van der Waals surface area (Å²) >= 11 is 5.72. The molecule has 0 bridgehead atoms. The number of esters is 2. The summed E-state index contributed by atoms with van der Waals surface area (Å²) in [6.07, 6.45) is 0.328. The van der Waals surface area contributed by atoms with Gasteiger partial charge in [-0.2, -0.15) is 5.26 Å². The number of hydrogen-bond donors (Lipinski definition) is 1. The maximum Gasteiger partial charge on any atom is 0.304 e. The van der Waals surface area contributed by atoms with Crippen molar-refractivity contribution in [3.8, 4) is 17.5 Å². The fourth-order valence-corrected chi connectivity index (χ4v) is 6.34. The molecule has 1 aliphatic rings. The number of ether oxygens (including phenoxy) is 3. The van der Waals surface area contributed by atoms with E-state index in [1.165, 1.54) is 25.6 Å². The number of aromatic amines is 1. The largest absolute Gasteiger partial charge is 0.463 e. The number of nitrogens with zero attached hydrogens (tertiary/aromatic N) is 4. The molecule has 11 nitrogen and oxygen atoms in total. The topological polar surface area (TPSA) is 149 Å². The molecule has 1 aliphatic heterocycles. The number of thioether (sulfide) groups is 1. The number of H-pyrrole nitrogens is 1. The van der Waals surface area contributed by atoms with E-state index in [0.717, 1.165) is 16.2 Å². The third kappa shape index (κ3) is 6.30. The molecular weight excluding hydrogens is 586 g/mol. The summed E-state index contributed by atoms with van der Waals surface area (Å²) < 4.78 is 19.6. The van der Waals surface area contributed by atoms with Gasteiger partial charge in [0.2, 0.25) is 0 Å². The van der Waals surface area contributed by atoms with E-state index in [1.807, 2.05) is 6.92 Å². The van der Waals surface area contributed by atoms with Crippen LogP contribution in [-0.2, 0) is 23.8 Å². The first-order valence-corrected chi connectivity index (χ1v) is 13.6. The number of nitrogens with one attached hydrogen (secondary N) is 1. The first-order chi connectivity index (χ1) is 17.7. The van der Waals surface area contributed by atoms with Crippen molar-refractivity contribution in [3.63, 3.8) is 0 Å². The Morgan fingerprint density at radius 3 is 2.76 bits per heavy atom. The average molecular weight is 608 g/mol. The zero-order valence-corrected chi connectivity index (χ0v) is 23.1. The minimum atomic E-state index is -0.795. The van der Waals surface area contributed by atoms with Crippen LogP contribution in [0, 0.1) is 17.2 Å². The SMILES string of the molecule is CC(=O)OCC1O[C@H](Sc2ccc(C#N)c(Br)c2)[C@@H](OC(C)=O)C(n2cc(-c3csc(=O)[nH]3)nn2)[C@H]1C. The van der Waals surface area contributed by atoms with Gasteiger partial charge in [0.25, 0.3) is 0 Å². The predicted molar refractivity (Wildman–Crippen MR) is 138 cm³/mol. The zero-order valence-electron chi connectivity index (χ0n) is 19.9. The Kier molecular flexibility index (Phi) is 8.48. The molecule has 0 radical (unpaired) electrons. The van der Waals surface area contributed by atoms with Crippen LogP contribution in [0.25, 0.3) is 11.4 Å². The highest BCUT2D eigenvalue weighted by Gasteiger charge is 2.48. The average Bonchev–Trinajstić information content (AvgIpc) is 3.49. The Morgan fingerprint density at radius 2 is 2.14 bits per heavy atom. The maximum atomic E-state index is 12.2. The van der Waals surface area contributed by atoms with Crippen molar-refractivity contribution in [1.29, 1.82) is 5.26 Å². The highest BCUT2D eigenvalue weighted by Crippen LogP contribution is 2.43. The van der Waals surface area contributed by atoms with Crippen LogP contribution in [-0.4, -0.2) is 56.2 Å². The van der Waals surface area contributed by atoms with Crippen LogP contribution >= 0.6 is 39.0 Å². The molecule has 3 aromatic rings. The molecule has 194 valence electrons. The lowest BCUT2D eigenvalue weighted by atomic mass is 9.89. The van der Waals surface area contributed by atoms with E-state index in [1.54, 1.807) is 34.5 Å². The van der Waals surface area contributed by atoms with Crippen molar-refractivity contribution < 1.29 is 23.8 Å². The molecule has 2 unspecified atom stereocenters. The fourth-order valence-electron chi connectivity index (χ4n) is 3.99. The van der Waals surface area contributed by atoms with Crippen molar-refractivity contribution in [2.75, 3.05) is 6.61 Å². The summed E-state index contributed by atoms with van der Waals surface area (Å²) in [7, 11) is 0. The van der Waals surface area contributed by atoms with Crippen LogP contribution in [0.5, 0.6) is 0 Å². The second-order valence-corrected chi connectivity index (χ2v) is 11.2. The van der Waals surface area contributed by atoms with Gasteiger partial charge >= 0.3 is 16.8 Å². The first kappa shape index (κ1) is 27.1. The number of halogens is 1. The lowest BCUT2D eigenvalue weighted by Crippen LogP contribution is -2.52. The van der Waals surface area contributed by atoms with E-state index in [9.17, 15) is 19.6 Å². The number of carbonyl (C=O) groups excluding carboxylic acids is 2. The number of aromatic nitrogens is 4. The van der Waals surface area contributed by atoms with Gasteiger partial charge in [-0.15, -0.1) is 5.10 Å². The summed E-state index contributed by atoms with van der Waals surface area (Å²) in [4.78, 5) is 38.6. The van der Waals surface area contributed by atoms with Gasteiger partial charge in [0.1, 0.15) is 23.8 Å². The van der Waals surface area contributed by atoms with Gasteiger partial charge in [-0.25, -0.2) is 4.68 Å². The van der Waals surface area contributed by atoms with Crippen molar-refractivity contribution in [3.05, 3.63) is 49.5 Å². The van der Waals surface area contributed by atoms with Gasteiger partial charge in [-0.1, -0.05) is 35.2 Å². The molecule has 1 fully saturated rings. The Labute approximate surface area is 228 Å². The molecule has 3 heterocycles. The minimum Gasteiger partial charge on any atom is -0.463 e. The van der Waals surface area contributed by atoms with Crippen molar-refractivity contribution >= 4 is 51.0 Å². The monoisotopic (exact) mass is 607 g/mol. The number of carbonyl (C=O) groups is 2.